The van der Waals surface area contributed by atoms with E-state index in [4.69, 9.17) is 4.55 Å². The Hall–Kier alpha value is -4.06. The van der Waals surface area contributed by atoms with Crippen LogP contribution < -0.4 is 0 Å². The Labute approximate surface area is 222 Å². The highest BCUT2D eigenvalue weighted by molar-refractivity contribution is 7.95. The lowest BCUT2D eigenvalue weighted by Crippen LogP contribution is -1.98. The number of azo groups is 2. The first kappa shape index (κ1) is 28.0. The number of rotatable bonds is 7. The zero-order valence-corrected chi connectivity index (χ0v) is 21.9. The summed E-state index contributed by atoms with van der Waals surface area (Å²) in [5.41, 5.74) is 0.0293. The molecular formula is C23H18N4O9S3. The summed E-state index contributed by atoms with van der Waals surface area (Å²) in [4.78, 5) is -1.13. The largest absolute Gasteiger partial charge is 0.507 e. The molecule has 0 saturated heterocycles. The second kappa shape index (κ2) is 10.3. The summed E-state index contributed by atoms with van der Waals surface area (Å²) in [6, 6.07) is 15.1. The zero-order chi connectivity index (χ0) is 28.6. The van der Waals surface area contributed by atoms with Gasteiger partial charge in [-0.2, -0.15) is 27.1 Å². The molecule has 0 aliphatic carbocycles. The average molecular weight is 591 g/mol. The van der Waals surface area contributed by atoms with Crippen molar-refractivity contribution in [1.29, 1.82) is 0 Å². The van der Waals surface area contributed by atoms with Crippen LogP contribution in [0.5, 0.6) is 5.75 Å². The molecule has 0 aliphatic heterocycles. The van der Waals surface area contributed by atoms with Crippen molar-refractivity contribution in [1.82, 2.24) is 0 Å². The van der Waals surface area contributed by atoms with Gasteiger partial charge in [0.2, 0.25) is 0 Å². The summed E-state index contributed by atoms with van der Waals surface area (Å²) in [7, 11) is -12.9. The second-order valence-corrected chi connectivity index (χ2v) is 12.5. The van der Waals surface area contributed by atoms with Crippen LogP contribution in [0.3, 0.4) is 0 Å². The van der Waals surface area contributed by atoms with Crippen LogP contribution in [0.15, 0.2) is 108 Å². The molecule has 4 rings (SSSR count). The van der Waals surface area contributed by atoms with Crippen LogP contribution in [0.25, 0.3) is 10.8 Å². The van der Waals surface area contributed by atoms with E-state index in [1.165, 1.54) is 54.6 Å². The van der Waals surface area contributed by atoms with Gasteiger partial charge in [-0.3, -0.25) is 9.11 Å². The molecule has 0 radical (unpaired) electrons. The van der Waals surface area contributed by atoms with Gasteiger partial charge < -0.3 is 9.66 Å². The number of hydrogen-bond donors (Lipinski definition) is 4. The molecule has 0 spiro atoms. The van der Waals surface area contributed by atoms with Crippen molar-refractivity contribution < 1.29 is 39.8 Å². The molecule has 1 atom stereocenters. The predicted octanol–water partition coefficient (Wildman–Crippen LogP) is 5.42. The van der Waals surface area contributed by atoms with Gasteiger partial charge in [-0.25, -0.2) is 4.21 Å². The van der Waals surface area contributed by atoms with Crippen molar-refractivity contribution >= 4 is 69.4 Å². The molecule has 0 fully saturated rings. The van der Waals surface area contributed by atoms with Crippen molar-refractivity contribution in [3.8, 4) is 5.75 Å². The molecule has 0 amide bonds. The number of phenols is 1. The van der Waals surface area contributed by atoms with Crippen LogP contribution in [0.2, 0.25) is 0 Å². The average Bonchev–Trinajstić information content (AvgIpc) is 2.86. The van der Waals surface area contributed by atoms with E-state index in [0.29, 0.717) is 0 Å². The van der Waals surface area contributed by atoms with Gasteiger partial charge in [0, 0.05) is 10.8 Å². The fourth-order valence-electron chi connectivity index (χ4n) is 3.45. The van der Waals surface area contributed by atoms with E-state index in [9.17, 15) is 35.3 Å². The monoisotopic (exact) mass is 590 g/mol. The number of nitrogens with zero attached hydrogens (tertiary/aromatic N) is 4. The maximum Gasteiger partial charge on any atom is 0.296 e. The first-order valence-electron chi connectivity index (χ1n) is 10.5. The smallest absolute Gasteiger partial charge is 0.296 e. The summed E-state index contributed by atoms with van der Waals surface area (Å²) in [5, 5.41) is 26.2. The third-order valence-electron chi connectivity index (χ3n) is 5.20. The van der Waals surface area contributed by atoms with Gasteiger partial charge in [0.25, 0.3) is 20.2 Å². The third kappa shape index (κ3) is 6.33. The Morgan fingerprint density at radius 1 is 0.615 bits per heavy atom. The Balaban J connectivity index is 1.72. The summed E-state index contributed by atoms with van der Waals surface area (Å²) in [5.74, 6) is 2.92. The second-order valence-electron chi connectivity index (χ2n) is 7.92. The molecular weight excluding hydrogens is 572 g/mol. The standard InChI is InChI=1S/C23H18N4O9S3/c1-37(29,30)21-4-2-3-17-18(11-12-20(28)23(17)21)26-27-19-10-7-15(13-22(19)39(34,35)36)25-24-14-5-8-16(9-6-14)38(31,32)33/h2-13,28H,1H2,(H,29,30)(H,31,32,33)(H,34,35,36). The highest BCUT2D eigenvalue weighted by atomic mass is 32.2. The molecule has 0 heterocycles. The Morgan fingerprint density at radius 2 is 1.21 bits per heavy atom. The number of fused-ring (bicyclic) bond motifs is 1. The fourth-order valence-corrected chi connectivity index (χ4v) is 5.40. The van der Waals surface area contributed by atoms with E-state index >= 15 is 0 Å². The minimum absolute atomic E-state index is 0.00620. The molecule has 16 heteroatoms. The minimum Gasteiger partial charge on any atom is -0.507 e. The number of phenolic OH excluding ortho intramolecular Hbond substituents is 1. The molecule has 1 unspecified atom stereocenters. The summed E-state index contributed by atoms with van der Waals surface area (Å²) < 4.78 is 87.2. The highest BCUT2D eigenvalue weighted by Crippen LogP contribution is 2.38. The van der Waals surface area contributed by atoms with Gasteiger partial charge in [0.15, 0.2) is 0 Å². The molecule has 0 aliphatic rings. The van der Waals surface area contributed by atoms with Crippen molar-refractivity contribution in [2.75, 3.05) is 0 Å². The lowest BCUT2D eigenvalue weighted by molar-refractivity contribution is 0.480. The predicted molar refractivity (Wildman–Crippen MR) is 143 cm³/mol. The highest BCUT2D eigenvalue weighted by Gasteiger charge is 2.18. The lowest BCUT2D eigenvalue weighted by atomic mass is 10.1. The van der Waals surface area contributed by atoms with Gasteiger partial charge in [0.05, 0.1) is 26.9 Å². The van der Waals surface area contributed by atoms with Crippen LogP contribution in [0.1, 0.15) is 0 Å². The Morgan fingerprint density at radius 3 is 1.82 bits per heavy atom. The molecule has 0 bridgehead atoms. The topological polar surface area (TPSA) is 216 Å². The van der Waals surface area contributed by atoms with E-state index < -0.39 is 34.9 Å². The first-order valence-corrected chi connectivity index (χ1v) is 15.1. The quantitative estimate of drug-likeness (QED) is 0.123. The zero-order valence-electron chi connectivity index (χ0n) is 19.5. The van der Waals surface area contributed by atoms with Crippen molar-refractivity contribution in [2.45, 2.75) is 14.7 Å². The molecule has 4 N–H and O–H groups in total. The summed E-state index contributed by atoms with van der Waals surface area (Å²) >= 11 is 0. The molecule has 0 saturated carbocycles. The van der Waals surface area contributed by atoms with E-state index in [1.54, 1.807) is 0 Å². The first-order chi connectivity index (χ1) is 18.1. The van der Waals surface area contributed by atoms with E-state index in [2.05, 4.69) is 26.3 Å². The van der Waals surface area contributed by atoms with Gasteiger partial charge >= 0.3 is 0 Å². The van der Waals surface area contributed by atoms with Gasteiger partial charge in [-0.05, 0) is 66.5 Å². The molecule has 4 aromatic carbocycles. The van der Waals surface area contributed by atoms with Crippen LogP contribution in [0, 0.1) is 0 Å². The SMILES string of the molecule is C=S(=O)(O)c1cccc2c(N=Nc3ccc(N=Nc4ccc(S(=O)(=O)O)cc4)cc3S(=O)(=O)O)ccc(O)c12. The molecule has 13 nitrogen and oxygen atoms in total. The Kier molecular flexibility index (Phi) is 7.35. The van der Waals surface area contributed by atoms with Crippen LogP contribution >= 0.6 is 0 Å². The van der Waals surface area contributed by atoms with Crippen molar-refractivity contribution in [3.05, 3.63) is 72.8 Å². The van der Waals surface area contributed by atoms with E-state index in [-0.39, 0.29) is 49.1 Å². The maximum atomic E-state index is 12.2. The molecule has 39 heavy (non-hydrogen) atoms. The molecule has 0 aromatic heterocycles. The fraction of sp³-hybridized carbons (Fsp3) is 0. The third-order valence-corrected chi connectivity index (χ3v) is 7.98. The van der Waals surface area contributed by atoms with Crippen molar-refractivity contribution in [3.63, 3.8) is 0 Å². The molecule has 4 aromatic rings. The Bertz CT molecular complexity index is 1990. The van der Waals surface area contributed by atoms with Gasteiger partial charge in [-0.15, -0.1) is 10.2 Å². The van der Waals surface area contributed by atoms with Gasteiger partial charge in [0.1, 0.15) is 26.1 Å². The van der Waals surface area contributed by atoms with Crippen LogP contribution in [-0.4, -0.2) is 45.7 Å². The normalized spacial score (nSPS) is 14.2. The molecule has 202 valence electrons. The van der Waals surface area contributed by atoms with E-state index in [0.717, 1.165) is 18.2 Å². The van der Waals surface area contributed by atoms with Crippen molar-refractivity contribution in [2.24, 2.45) is 20.5 Å². The minimum atomic E-state index is -4.81. The summed E-state index contributed by atoms with van der Waals surface area (Å²) in [6.45, 7) is 0. The maximum absolute atomic E-state index is 12.2. The van der Waals surface area contributed by atoms with Crippen LogP contribution in [-0.2, 0) is 30.0 Å². The summed E-state index contributed by atoms with van der Waals surface area (Å²) in [6.07, 6.45) is 0. The van der Waals surface area contributed by atoms with Gasteiger partial charge in [-0.1, -0.05) is 12.1 Å². The van der Waals surface area contributed by atoms with E-state index in [1.807, 2.05) is 0 Å². The lowest BCUT2D eigenvalue weighted by Gasteiger charge is -2.10. The number of hydrogen-bond acceptors (Lipinski definition) is 10. The van der Waals surface area contributed by atoms with Crippen LogP contribution in [0.4, 0.5) is 22.7 Å². The number of aromatic hydroxyl groups is 1. The number of benzene rings is 4.